The summed E-state index contributed by atoms with van der Waals surface area (Å²) in [7, 11) is 0. The molecule has 2 N–H and O–H groups in total. The molecule has 0 amide bonds. The number of ether oxygens (including phenoxy) is 1. The lowest BCUT2D eigenvalue weighted by atomic mass is 10.2. The third kappa shape index (κ3) is 3.79. The molecule has 0 saturated heterocycles. The van der Waals surface area contributed by atoms with E-state index in [0.29, 0.717) is 25.3 Å². The first-order chi connectivity index (χ1) is 7.65. The van der Waals surface area contributed by atoms with Gasteiger partial charge in [0.25, 0.3) is 0 Å². The molecule has 1 unspecified atom stereocenters. The van der Waals surface area contributed by atoms with Crippen LogP contribution in [0.2, 0.25) is 0 Å². The zero-order valence-corrected chi connectivity index (χ0v) is 9.66. The Morgan fingerprint density at radius 3 is 2.94 bits per heavy atom. The Kier molecular flexibility index (Phi) is 5.22. The molecule has 0 saturated carbocycles. The van der Waals surface area contributed by atoms with Crippen molar-refractivity contribution in [2.24, 2.45) is 0 Å². The fourth-order valence-electron chi connectivity index (χ4n) is 1.46. The molecule has 0 aromatic heterocycles. The highest BCUT2D eigenvalue weighted by atomic mass is 19.1. The van der Waals surface area contributed by atoms with Crippen LogP contribution in [0.3, 0.4) is 0 Å². The Balaban J connectivity index is 2.40. The monoisotopic (exact) mass is 227 g/mol. The largest absolute Gasteiger partial charge is 0.505 e. The Hall–Kier alpha value is -1.13. The summed E-state index contributed by atoms with van der Waals surface area (Å²) in [6, 6.07) is 4.51. The number of nitrogens with one attached hydrogen (secondary N) is 1. The fourth-order valence-corrected chi connectivity index (χ4v) is 1.46. The number of hydrogen-bond donors (Lipinski definition) is 2. The van der Waals surface area contributed by atoms with Crippen LogP contribution in [0.1, 0.15) is 19.4 Å². The van der Waals surface area contributed by atoms with Gasteiger partial charge in [0, 0.05) is 25.3 Å². The first kappa shape index (κ1) is 12.9. The van der Waals surface area contributed by atoms with Gasteiger partial charge in [0.15, 0.2) is 11.6 Å². The van der Waals surface area contributed by atoms with Gasteiger partial charge < -0.3 is 15.2 Å². The average Bonchev–Trinajstić information content (AvgIpc) is 2.25. The summed E-state index contributed by atoms with van der Waals surface area (Å²) in [6.07, 6.45) is 0.112. The Labute approximate surface area is 95.2 Å². The van der Waals surface area contributed by atoms with E-state index in [2.05, 4.69) is 5.32 Å². The van der Waals surface area contributed by atoms with Gasteiger partial charge in [-0.3, -0.25) is 0 Å². The highest BCUT2D eigenvalue weighted by Gasteiger charge is 2.06. The van der Waals surface area contributed by atoms with E-state index in [4.69, 9.17) is 4.74 Å². The highest BCUT2D eigenvalue weighted by molar-refractivity contribution is 5.33. The third-order valence-corrected chi connectivity index (χ3v) is 2.27. The molecule has 0 fully saturated rings. The van der Waals surface area contributed by atoms with Crippen molar-refractivity contribution < 1.29 is 14.2 Å². The minimum Gasteiger partial charge on any atom is -0.505 e. The summed E-state index contributed by atoms with van der Waals surface area (Å²) in [5, 5.41) is 12.5. The highest BCUT2D eigenvalue weighted by Crippen LogP contribution is 2.20. The molecular formula is C12H18FNO2. The summed E-state index contributed by atoms with van der Waals surface area (Å²) in [5.74, 6) is -0.865. The summed E-state index contributed by atoms with van der Waals surface area (Å²) < 4.78 is 18.3. The maximum absolute atomic E-state index is 13.0. The van der Waals surface area contributed by atoms with Crippen molar-refractivity contribution in [3.05, 3.63) is 29.6 Å². The minimum atomic E-state index is -0.586. The van der Waals surface area contributed by atoms with Gasteiger partial charge in [-0.25, -0.2) is 4.39 Å². The van der Waals surface area contributed by atoms with Crippen LogP contribution < -0.4 is 5.32 Å². The van der Waals surface area contributed by atoms with Crippen LogP contribution in [0.4, 0.5) is 4.39 Å². The molecule has 0 radical (unpaired) electrons. The molecule has 0 spiro atoms. The summed E-state index contributed by atoms with van der Waals surface area (Å²) in [5.41, 5.74) is 0.559. The van der Waals surface area contributed by atoms with Gasteiger partial charge in [-0.05, 0) is 19.9 Å². The molecule has 0 aliphatic carbocycles. The van der Waals surface area contributed by atoms with Crippen molar-refractivity contribution in [1.82, 2.24) is 5.32 Å². The van der Waals surface area contributed by atoms with Gasteiger partial charge in [0.1, 0.15) is 0 Å². The number of para-hydroxylation sites is 1. The van der Waals surface area contributed by atoms with E-state index in [9.17, 15) is 9.50 Å². The molecule has 0 bridgehead atoms. The van der Waals surface area contributed by atoms with E-state index < -0.39 is 5.82 Å². The van der Waals surface area contributed by atoms with Crippen molar-refractivity contribution in [3.8, 4) is 5.75 Å². The quantitative estimate of drug-likeness (QED) is 0.781. The van der Waals surface area contributed by atoms with Crippen LogP contribution in [-0.4, -0.2) is 24.4 Å². The smallest absolute Gasteiger partial charge is 0.165 e. The third-order valence-electron chi connectivity index (χ3n) is 2.27. The van der Waals surface area contributed by atoms with Crippen LogP contribution in [0, 0.1) is 5.82 Å². The predicted octanol–water partition coefficient (Wildman–Crippen LogP) is 2.05. The molecular weight excluding hydrogens is 209 g/mol. The lowest BCUT2D eigenvalue weighted by Crippen LogP contribution is -2.26. The number of phenolic OH excluding ortho intramolecular Hbond substituents is 1. The normalized spacial score (nSPS) is 12.7. The van der Waals surface area contributed by atoms with Gasteiger partial charge in [-0.1, -0.05) is 12.1 Å². The molecule has 0 aliphatic heterocycles. The van der Waals surface area contributed by atoms with Crippen LogP contribution in [0.15, 0.2) is 18.2 Å². The summed E-state index contributed by atoms with van der Waals surface area (Å²) >= 11 is 0. The molecule has 4 heteroatoms. The Bertz CT molecular complexity index is 331. The van der Waals surface area contributed by atoms with Crippen LogP contribution >= 0.6 is 0 Å². The molecule has 1 rings (SSSR count). The maximum Gasteiger partial charge on any atom is 0.165 e. The van der Waals surface area contributed by atoms with Crippen molar-refractivity contribution in [2.75, 3.05) is 13.2 Å². The second-order valence-corrected chi connectivity index (χ2v) is 3.64. The van der Waals surface area contributed by atoms with Crippen LogP contribution in [0.5, 0.6) is 5.75 Å². The second kappa shape index (κ2) is 6.45. The van der Waals surface area contributed by atoms with Gasteiger partial charge in [0.05, 0.1) is 6.10 Å². The van der Waals surface area contributed by atoms with Crippen molar-refractivity contribution in [1.29, 1.82) is 0 Å². The van der Waals surface area contributed by atoms with Crippen molar-refractivity contribution in [2.45, 2.75) is 26.5 Å². The average molecular weight is 227 g/mol. The maximum atomic E-state index is 13.0. The summed E-state index contributed by atoms with van der Waals surface area (Å²) in [6.45, 7) is 5.68. The number of halogens is 1. The molecule has 1 aromatic rings. The molecule has 0 aliphatic rings. The minimum absolute atomic E-state index is 0.112. The van der Waals surface area contributed by atoms with Crippen LogP contribution in [0.25, 0.3) is 0 Å². The number of aromatic hydroxyl groups is 1. The number of benzene rings is 1. The first-order valence-electron chi connectivity index (χ1n) is 5.43. The topological polar surface area (TPSA) is 41.5 Å². The van der Waals surface area contributed by atoms with E-state index in [1.54, 1.807) is 12.1 Å². The van der Waals surface area contributed by atoms with E-state index >= 15 is 0 Å². The zero-order valence-electron chi connectivity index (χ0n) is 9.66. The van der Waals surface area contributed by atoms with Crippen LogP contribution in [-0.2, 0) is 11.3 Å². The zero-order chi connectivity index (χ0) is 12.0. The molecule has 90 valence electrons. The SMILES string of the molecule is CCOC(C)CNCc1cccc(F)c1O. The summed E-state index contributed by atoms with van der Waals surface area (Å²) in [4.78, 5) is 0. The van der Waals surface area contributed by atoms with E-state index in [1.807, 2.05) is 13.8 Å². The standard InChI is InChI=1S/C12H18FNO2/c1-3-16-9(2)7-14-8-10-5-4-6-11(13)12(10)15/h4-6,9,14-15H,3,7-8H2,1-2H3. The van der Waals surface area contributed by atoms with Crippen molar-refractivity contribution in [3.63, 3.8) is 0 Å². The Morgan fingerprint density at radius 2 is 2.25 bits per heavy atom. The van der Waals surface area contributed by atoms with Crippen molar-refractivity contribution >= 4 is 0 Å². The molecule has 3 nitrogen and oxygen atoms in total. The van der Waals surface area contributed by atoms with Gasteiger partial charge >= 0.3 is 0 Å². The van der Waals surface area contributed by atoms with E-state index in [1.165, 1.54) is 6.07 Å². The lowest BCUT2D eigenvalue weighted by molar-refractivity contribution is 0.0759. The number of hydrogen-bond acceptors (Lipinski definition) is 3. The lowest BCUT2D eigenvalue weighted by Gasteiger charge is -2.13. The molecule has 0 heterocycles. The molecule has 1 atom stereocenters. The molecule has 16 heavy (non-hydrogen) atoms. The molecule has 1 aromatic carbocycles. The first-order valence-corrected chi connectivity index (χ1v) is 5.43. The fraction of sp³-hybridized carbons (Fsp3) is 0.500. The Morgan fingerprint density at radius 1 is 1.50 bits per heavy atom. The second-order valence-electron chi connectivity index (χ2n) is 3.64. The van der Waals surface area contributed by atoms with Gasteiger partial charge in [0.2, 0.25) is 0 Å². The number of phenols is 1. The van der Waals surface area contributed by atoms with Gasteiger partial charge in [-0.2, -0.15) is 0 Å². The number of rotatable bonds is 6. The van der Waals surface area contributed by atoms with E-state index in [-0.39, 0.29) is 11.9 Å². The van der Waals surface area contributed by atoms with Gasteiger partial charge in [-0.15, -0.1) is 0 Å². The van der Waals surface area contributed by atoms with E-state index in [0.717, 1.165) is 0 Å². The predicted molar refractivity (Wildman–Crippen MR) is 60.9 cm³/mol.